The maximum Gasteiger partial charge on any atom is 0.226 e. The second-order valence-corrected chi connectivity index (χ2v) is 8.73. The van der Waals surface area contributed by atoms with Crippen LogP contribution in [0.2, 0.25) is 0 Å². The third kappa shape index (κ3) is 2.53. The van der Waals surface area contributed by atoms with Crippen LogP contribution in [0.5, 0.6) is 0 Å². The second kappa shape index (κ2) is 5.73. The molecule has 0 unspecified atom stereocenters. The van der Waals surface area contributed by atoms with Crippen molar-refractivity contribution >= 4 is 5.91 Å². The molecule has 4 heteroatoms. The second-order valence-electron chi connectivity index (χ2n) is 8.73. The number of hydrogen-bond acceptors (Lipinski definition) is 3. The van der Waals surface area contributed by atoms with Gasteiger partial charge in [0.1, 0.15) is 0 Å². The van der Waals surface area contributed by atoms with Gasteiger partial charge in [0.2, 0.25) is 5.91 Å². The van der Waals surface area contributed by atoms with Gasteiger partial charge >= 0.3 is 0 Å². The molecule has 0 atom stereocenters. The quantitative estimate of drug-likeness (QED) is 0.785. The Labute approximate surface area is 138 Å². The van der Waals surface area contributed by atoms with Crippen molar-refractivity contribution in [3.63, 3.8) is 0 Å². The first-order valence-corrected chi connectivity index (χ1v) is 9.80. The fourth-order valence-electron chi connectivity index (χ4n) is 6.58. The van der Waals surface area contributed by atoms with Crippen LogP contribution in [0.1, 0.15) is 44.9 Å². The highest BCUT2D eigenvalue weighted by molar-refractivity contribution is 5.80. The zero-order valence-electron chi connectivity index (χ0n) is 14.0. The first-order chi connectivity index (χ1) is 11.3. The number of nitrogens with zero attached hydrogens (tertiary/aromatic N) is 1. The van der Waals surface area contributed by atoms with E-state index in [1.165, 1.54) is 32.1 Å². The lowest BCUT2D eigenvalue weighted by Crippen LogP contribution is -2.53. The van der Waals surface area contributed by atoms with Crippen LogP contribution in [0.4, 0.5) is 0 Å². The zero-order valence-corrected chi connectivity index (χ0v) is 14.0. The van der Waals surface area contributed by atoms with Gasteiger partial charge in [-0.2, -0.15) is 0 Å². The third-order valence-electron chi connectivity index (χ3n) is 7.40. The number of piperidine rings is 1. The monoisotopic (exact) mass is 319 g/mol. The van der Waals surface area contributed by atoms with Crippen molar-refractivity contribution < 1.29 is 14.3 Å². The van der Waals surface area contributed by atoms with Gasteiger partial charge in [0.15, 0.2) is 6.29 Å². The maximum atomic E-state index is 13.2. The Morgan fingerprint density at radius 3 is 1.91 bits per heavy atom. The summed E-state index contributed by atoms with van der Waals surface area (Å²) in [7, 11) is 0. The molecule has 2 saturated heterocycles. The van der Waals surface area contributed by atoms with E-state index < -0.39 is 0 Å². The smallest absolute Gasteiger partial charge is 0.226 e. The molecule has 0 radical (unpaired) electrons. The molecule has 4 saturated carbocycles. The Morgan fingerprint density at radius 2 is 1.35 bits per heavy atom. The van der Waals surface area contributed by atoms with Gasteiger partial charge in [0.05, 0.1) is 13.2 Å². The first-order valence-electron chi connectivity index (χ1n) is 9.80. The number of rotatable bonds is 2. The molecule has 4 bridgehead atoms. The van der Waals surface area contributed by atoms with E-state index in [0.717, 1.165) is 51.0 Å². The van der Waals surface area contributed by atoms with Crippen molar-refractivity contribution in [3.8, 4) is 0 Å². The van der Waals surface area contributed by atoms with Crippen LogP contribution in [0.15, 0.2) is 0 Å². The van der Waals surface area contributed by atoms with E-state index in [1.54, 1.807) is 0 Å². The van der Waals surface area contributed by atoms with Gasteiger partial charge < -0.3 is 14.4 Å². The molecule has 6 fully saturated rings. The van der Waals surface area contributed by atoms with Gasteiger partial charge in [-0.1, -0.05) is 0 Å². The zero-order chi connectivity index (χ0) is 15.4. The Kier molecular flexibility index (Phi) is 3.67. The Hall–Kier alpha value is -0.610. The first kappa shape index (κ1) is 14.7. The predicted octanol–water partition coefficient (Wildman–Crippen LogP) is 2.67. The summed E-state index contributed by atoms with van der Waals surface area (Å²) in [5.74, 6) is 4.65. The molecule has 4 aliphatic carbocycles. The lowest BCUT2D eigenvalue weighted by molar-refractivity contribution is -0.153. The van der Waals surface area contributed by atoms with E-state index in [0.29, 0.717) is 29.6 Å². The minimum Gasteiger partial charge on any atom is -0.350 e. The molecule has 1 amide bonds. The topological polar surface area (TPSA) is 38.8 Å². The molecule has 0 spiro atoms. The van der Waals surface area contributed by atoms with Crippen molar-refractivity contribution in [2.45, 2.75) is 51.2 Å². The number of ether oxygens (including phenoxy) is 2. The summed E-state index contributed by atoms with van der Waals surface area (Å²) >= 11 is 0. The van der Waals surface area contributed by atoms with E-state index >= 15 is 0 Å². The average Bonchev–Trinajstić information content (AvgIpc) is 3.08. The molecule has 0 N–H and O–H groups in total. The molecule has 6 rings (SSSR count). The van der Waals surface area contributed by atoms with Gasteiger partial charge in [-0.15, -0.1) is 0 Å². The van der Waals surface area contributed by atoms with E-state index in [9.17, 15) is 4.79 Å². The van der Waals surface area contributed by atoms with Crippen LogP contribution in [0, 0.1) is 35.5 Å². The maximum absolute atomic E-state index is 13.2. The van der Waals surface area contributed by atoms with Crippen molar-refractivity contribution in [1.82, 2.24) is 4.90 Å². The normalized spacial score (nSPS) is 44.2. The van der Waals surface area contributed by atoms with Gasteiger partial charge in [-0.25, -0.2) is 0 Å². The minimum atomic E-state index is -0.00609. The van der Waals surface area contributed by atoms with Gasteiger partial charge in [-0.3, -0.25) is 4.79 Å². The summed E-state index contributed by atoms with van der Waals surface area (Å²) in [6.07, 6.45) is 8.89. The van der Waals surface area contributed by atoms with E-state index in [1.807, 2.05) is 0 Å². The largest absolute Gasteiger partial charge is 0.350 e. The standard InChI is InChI=1S/C19H29NO3/c21-18(17-15-8-12-7-13(10-15)11-16(17)9-12)20-3-1-14(2-4-20)19-22-5-6-23-19/h12-17,19H,1-11H2. The molecule has 2 aliphatic heterocycles. The van der Waals surface area contributed by atoms with Crippen LogP contribution < -0.4 is 0 Å². The van der Waals surface area contributed by atoms with Crippen molar-refractivity contribution in [2.75, 3.05) is 26.3 Å². The summed E-state index contributed by atoms with van der Waals surface area (Å²) in [4.78, 5) is 15.4. The van der Waals surface area contributed by atoms with Crippen molar-refractivity contribution in [2.24, 2.45) is 35.5 Å². The fraction of sp³-hybridized carbons (Fsp3) is 0.947. The van der Waals surface area contributed by atoms with Crippen LogP contribution in [0.25, 0.3) is 0 Å². The highest BCUT2D eigenvalue weighted by atomic mass is 16.7. The Balaban J connectivity index is 1.22. The molecule has 2 heterocycles. The van der Waals surface area contributed by atoms with Gasteiger partial charge in [0, 0.05) is 24.9 Å². The highest BCUT2D eigenvalue weighted by Crippen LogP contribution is 2.57. The molecular weight excluding hydrogens is 290 g/mol. The number of hydrogen-bond donors (Lipinski definition) is 0. The molecular formula is C19H29NO3. The SMILES string of the molecule is O=C(C1C2CC3CC(C2)CC1C3)N1CCC(C2OCCO2)CC1. The molecule has 6 aliphatic rings. The van der Waals surface area contributed by atoms with Crippen LogP contribution in [0.3, 0.4) is 0 Å². The Bertz CT molecular complexity index is 437. The number of amides is 1. The van der Waals surface area contributed by atoms with Gasteiger partial charge in [-0.05, 0) is 68.6 Å². The summed E-state index contributed by atoms with van der Waals surface area (Å²) in [6.45, 7) is 3.29. The summed E-state index contributed by atoms with van der Waals surface area (Å²) < 4.78 is 11.3. The van der Waals surface area contributed by atoms with E-state index in [2.05, 4.69) is 4.90 Å². The summed E-state index contributed by atoms with van der Waals surface area (Å²) in [5, 5.41) is 0. The van der Waals surface area contributed by atoms with Crippen LogP contribution in [-0.4, -0.2) is 43.4 Å². The molecule has 0 aromatic heterocycles. The third-order valence-corrected chi connectivity index (χ3v) is 7.40. The highest BCUT2D eigenvalue weighted by Gasteiger charge is 2.51. The van der Waals surface area contributed by atoms with E-state index in [-0.39, 0.29) is 6.29 Å². The summed E-state index contributed by atoms with van der Waals surface area (Å²) in [5.41, 5.74) is 0. The van der Waals surface area contributed by atoms with Crippen LogP contribution in [-0.2, 0) is 14.3 Å². The van der Waals surface area contributed by atoms with Crippen molar-refractivity contribution in [1.29, 1.82) is 0 Å². The lowest BCUT2D eigenvalue weighted by Gasteiger charge is -2.54. The lowest BCUT2D eigenvalue weighted by atomic mass is 9.51. The fourth-order valence-corrected chi connectivity index (χ4v) is 6.58. The predicted molar refractivity (Wildman–Crippen MR) is 85.5 cm³/mol. The van der Waals surface area contributed by atoms with Gasteiger partial charge in [0.25, 0.3) is 0 Å². The molecule has 0 aromatic carbocycles. The average molecular weight is 319 g/mol. The van der Waals surface area contributed by atoms with Crippen LogP contribution >= 0.6 is 0 Å². The molecule has 128 valence electrons. The minimum absolute atomic E-state index is 0.00609. The Morgan fingerprint density at radius 1 is 0.783 bits per heavy atom. The molecule has 0 aromatic rings. The number of carbonyl (C=O) groups excluding carboxylic acids is 1. The number of carbonyl (C=O) groups is 1. The van der Waals surface area contributed by atoms with Crippen molar-refractivity contribution in [3.05, 3.63) is 0 Å². The molecule has 4 nitrogen and oxygen atoms in total. The summed E-state index contributed by atoms with van der Waals surface area (Å²) in [6, 6.07) is 0. The van der Waals surface area contributed by atoms with E-state index in [4.69, 9.17) is 9.47 Å². The molecule has 23 heavy (non-hydrogen) atoms. The number of likely N-dealkylation sites (tertiary alicyclic amines) is 1.